The molecule has 1 aromatic heterocycles. The summed E-state index contributed by atoms with van der Waals surface area (Å²) in [6.07, 6.45) is 7.84. The number of fused-ring (bicyclic) bond motifs is 1. The lowest BCUT2D eigenvalue weighted by Gasteiger charge is -2.23. The second kappa shape index (κ2) is 8.16. The highest BCUT2D eigenvalue weighted by molar-refractivity contribution is 7.70. The summed E-state index contributed by atoms with van der Waals surface area (Å²) in [5.74, 6) is 2.09. The van der Waals surface area contributed by atoms with E-state index in [9.17, 15) is 9.36 Å². The van der Waals surface area contributed by atoms with Gasteiger partial charge < -0.3 is 14.8 Å². The maximum absolute atomic E-state index is 12.3. The summed E-state index contributed by atoms with van der Waals surface area (Å²) >= 11 is 0. The molecule has 1 N–H and O–H groups in total. The second-order valence-corrected chi connectivity index (χ2v) is 11.7. The van der Waals surface area contributed by atoms with Crippen LogP contribution in [0.2, 0.25) is 0 Å². The van der Waals surface area contributed by atoms with E-state index in [4.69, 9.17) is 0 Å². The topological polar surface area (TPSA) is 62.3 Å². The summed E-state index contributed by atoms with van der Waals surface area (Å²) in [7, 11) is -2.23. The molecule has 1 aliphatic carbocycles. The third-order valence-corrected chi connectivity index (χ3v) is 7.60. The molecule has 1 aliphatic heterocycles. The number of anilines is 1. The number of piperidine rings is 1. The summed E-state index contributed by atoms with van der Waals surface area (Å²) in [6.45, 7) is 6.49. The molecule has 0 radical (unpaired) electrons. The van der Waals surface area contributed by atoms with Crippen molar-refractivity contribution in [2.24, 2.45) is 17.8 Å². The zero-order valence-corrected chi connectivity index (χ0v) is 17.9. The molecule has 6 heteroatoms. The van der Waals surface area contributed by atoms with Crippen LogP contribution in [0.5, 0.6) is 0 Å². The van der Waals surface area contributed by atoms with Gasteiger partial charge in [-0.05, 0) is 67.3 Å². The van der Waals surface area contributed by atoms with E-state index in [0.717, 1.165) is 48.8 Å². The van der Waals surface area contributed by atoms with Crippen molar-refractivity contribution in [2.75, 3.05) is 37.9 Å². The van der Waals surface area contributed by atoms with Crippen LogP contribution < -0.4 is 15.5 Å². The number of benzene rings is 1. The number of hydrogen-bond acceptors (Lipinski definition) is 4. The number of pyridine rings is 1. The molecule has 1 aromatic carbocycles. The molecule has 1 amide bonds. The van der Waals surface area contributed by atoms with Gasteiger partial charge in [0.05, 0.1) is 0 Å². The lowest BCUT2D eigenvalue weighted by molar-refractivity contribution is -0.116. The quantitative estimate of drug-likeness (QED) is 0.563. The summed E-state index contributed by atoms with van der Waals surface area (Å²) in [5.41, 5.74) is 2.11. The number of nitrogens with zero attached hydrogens (tertiary/aromatic N) is 2. The average Bonchev–Trinajstić information content (AvgIpc) is 3.15. The summed E-state index contributed by atoms with van der Waals surface area (Å²) in [5, 5.41) is 3.94. The number of hydrogen-bond donors (Lipinski definition) is 1. The summed E-state index contributed by atoms with van der Waals surface area (Å²) in [4.78, 5) is 18.4. The van der Waals surface area contributed by atoms with Gasteiger partial charge >= 0.3 is 0 Å². The number of rotatable bonds is 7. The predicted octanol–water partition coefficient (Wildman–Crippen LogP) is 3.23. The van der Waals surface area contributed by atoms with Gasteiger partial charge in [-0.2, -0.15) is 0 Å². The minimum atomic E-state index is -2.23. The average molecular weight is 409 g/mol. The van der Waals surface area contributed by atoms with Crippen LogP contribution in [0, 0.1) is 17.8 Å². The molecular weight excluding hydrogens is 381 g/mol. The zero-order chi connectivity index (χ0) is 20.4. The molecule has 0 bridgehead atoms. The molecule has 1 saturated heterocycles. The summed E-state index contributed by atoms with van der Waals surface area (Å²) in [6, 6.07) is 12.0. The first-order valence-corrected chi connectivity index (χ1v) is 12.8. The Morgan fingerprint density at radius 3 is 2.72 bits per heavy atom. The molecule has 4 rings (SSSR count). The van der Waals surface area contributed by atoms with Crippen LogP contribution in [-0.4, -0.2) is 43.9 Å². The molecule has 152 valence electrons. The largest absolute Gasteiger partial charge is 0.371 e. The van der Waals surface area contributed by atoms with E-state index in [1.165, 1.54) is 5.69 Å². The Morgan fingerprint density at radius 1 is 1.24 bits per heavy atom. The van der Waals surface area contributed by atoms with Crippen molar-refractivity contribution in [2.45, 2.75) is 6.42 Å². The fourth-order valence-corrected chi connectivity index (χ4v) is 5.27. The van der Waals surface area contributed by atoms with Crippen LogP contribution in [0.15, 0.2) is 54.9 Å². The third-order valence-electron chi connectivity index (χ3n) is 6.08. The van der Waals surface area contributed by atoms with Crippen molar-refractivity contribution in [3.63, 3.8) is 0 Å². The monoisotopic (exact) mass is 409 g/mol. The molecule has 0 spiro atoms. The standard InChI is InChI=1S/C23H28N3O2P/c1-29(2,28)19-7-3-6-18(13-19)26-15-21-20(22(21)16-26)10-12-25-23(27)9-8-17-5-4-11-24-14-17/h3-9,11,13-14,20-22H,10,12,15-16H2,1-2H3,(H,25,27)/b9-8+. The van der Waals surface area contributed by atoms with Gasteiger partial charge in [-0.15, -0.1) is 0 Å². The van der Waals surface area contributed by atoms with Gasteiger partial charge in [0, 0.05) is 49.1 Å². The van der Waals surface area contributed by atoms with Crippen molar-refractivity contribution >= 4 is 30.1 Å². The van der Waals surface area contributed by atoms with Crippen LogP contribution in [0.4, 0.5) is 5.69 Å². The Balaban J connectivity index is 1.21. The Morgan fingerprint density at radius 2 is 2.03 bits per heavy atom. The molecule has 2 aromatic rings. The Labute approximate surface area is 172 Å². The number of aromatic nitrogens is 1. The molecule has 1 saturated carbocycles. The maximum Gasteiger partial charge on any atom is 0.244 e. The van der Waals surface area contributed by atoms with Crippen LogP contribution in [0.3, 0.4) is 0 Å². The molecule has 2 aliphatic rings. The highest BCUT2D eigenvalue weighted by atomic mass is 31.2. The fourth-order valence-electron chi connectivity index (χ4n) is 4.38. The van der Waals surface area contributed by atoms with Crippen LogP contribution in [0.1, 0.15) is 12.0 Å². The van der Waals surface area contributed by atoms with Crippen LogP contribution in [-0.2, 0) is 9.36 Å². The van der Waals surface area contributed by atoms with Crippen molar-refractivity contribution in [3.8, 4) is 0 Å². The highest BCUT2D eigenvalue weighted by Gasteiger charge is 2.54. The SMILES string of the molecule is CP(C)(=O)c1cccc(N2CC3C(CCNC(=O)/C=C/c4cccnc4)C3C2)c1. The van der Waals surface area contributed by atoms with Crippen LogP contribution >= 0.6 is 7.14 Å². The molecule has 2 heterocycles. The molecule has 2 atom stereocenters. The van der Waals surface area contributed by atoms with E-state index in [0.29, 0.717) is 5.92 Å². The van der Waals surface area contributed by atoms with Gasteiger partial charge in [-0.25, -0.2) is 0 Å². The van der Waals surface area contributed by atoms with Gasteiger partial charge in [0.25, 0.3) is 0 Å². The number of nitrogens with one attached hydrogen (secondary N) is 1. The Hall–Kier alpha value is -2.39. The van der Waals surface area contributed by atoms with E-state index >= 15 is 0 Å². The normalized spacial score (nSPS) is 23.2. The van der Waals surface area contributed by atoms with Gasteiger partial charge in [-0.3, -0.25) is 9.78 Å². The molecular formula is C23H28N3O2P. The van der Waals surface area contributed by atoms with E-state index in [1.54, 1.807) is 24.5 Å². The number of amides is 1. The molecule has 2 fully saturated rings. The summed E-state index contributed by atoms with van der Waals surface area (Å²) < 4.78 is 12.3. The van der Waals surface area contributed by atoms with E-state index in [2.05, 4.69) is 27.3 Å². The Bertz CT molecular complexity index is 942. The first kappa shape index (κ1) is 19.9. The maximum atomic E-state index is 12.3. The molecule has 29 heavy (non-hydrogen) atoms. The van der Waals surface area contributed by atoms with Gasteiger partial charge in [0.2, 0.25) is 5.91 Å². The Kier molecular flexibility index (Phi) is 5.60. The molecule has 2 unspecified atom stereocenters. The second-order valence-electron chi connectivity index (χ2n) is 8.47. The van der Waals surface area contributed by atoms with Crippen LogP contribution in [0.25, 0.3) is 6.08 Å². The predicted molar refractivity (Wildman–Crippen MR) is 119 cm³/mol. The number of carbonyl (C=O) groups is 1. The van der Waals surface area contributed by atoms with Gasteiger partial charge in [-0.1, -0.05) is 18.2 Å². The van der Waals surface area contributed by atoms with E-state index in [1.807, 2.05) is 37.6 Å². The smallest absolute Gasteiger partial charge is 0.244 e. The fraction of sp³-hybridized carbons (Fsp3) is 0.391. The van der Waals surface area contributed by atoms with Crippen molar-refractivity contribution in [3.05, 3.63) is 60.4 Å². The lowest BCUT2D eigenvalue weighted by atomic mass is 10.2. The van der Waals surface area contributed by atoms with Crippen molar-refractivity contribution < 1.29 is 9.36 Å². The van der Waals surface area contributed by atoms with Gasteiger partial charge in [0.15, 0.2) is 0 Å². The van der Waals surface area contributed by atoms with E-state index in [-0.39, 0.29) is 5.91 Å². The van der Waals surface area contributed by atoms with Crippen molar-refractivity contribution in [1.82, 2.24) is 10.3 Å². The van der Waals surface area contributed by atoms with E-state index < -0.39 is 7.14 Å². The minimum Gasteiger partial charge on any atom is -0.371 e. The zero-order valence-electron chi connectivity index (χ0n) is 17.0. The van der Waals surface area contributed by atoms with Gasteiger partial charge in [0.1, 0.15) is 7.14 Å². The highest BCUT2D eigenvalue weighted by Crippen LogP contribution is 2.54. The minimum absolute atomic E-state index is 0.0540. The first-order chi connectivity index (χ1) is 13.9. The first-order valence-electron chi connectivity index (χ1n) is 10.2. The lowest BCUT2D eigenvalue weighted by Crippen LogP contribution is -2.27. The van der Waals surface area contributed by atoms with Crippen molar-refractivity contribution in [1.29, 1.82) is 0 Å². The number of carbonyl (C=O) groups excluding carboxylic acids is 1. The third kappa shape index (κ3) is 4.79. The molecule has 5 nitrogen and oxygen atoms in total.